The van der Waals surface area contributed by atoms with Crippen molar-refractivity contribution in [3.63, 3.8) is 0 Å². The van der Waals surface area contributed by atoms with Crippen LogP contribution in [0.15, 0.2) is 42.5 Å². The molecule has 158 valence electrons. The van der Waals surface area contributed by atoms with Crippen molar-refractivity contribution in [2.75, 3.05) is 13.7 Å². The summed E-state index contributed by atoms with van der Waals surface area (Å²) in [6.07, 6.45) is 7.95. The zero-order valence-corrected chi connectivity index (χ0v) is 17.4. The van der Waals surface area contributed by atoms with Gasteiger partial charge in [0, 0.05) is 6.08 Å². The number of rotatable bonds is 8. The predicted octanol–water partition coefficient (Wildman–Crippen LogP) is 3.33. The van der Waals surface area contributed by atoms with Gasteiger partial charge in [-0.2, -0.15) is 0 Å². The van der Waals surface area contributed by atoms with Crippen LogP contribution in [-0.4, -0.2) is 25.5 Å². The fraction of sp³-hybridized carbons (Fsp3) is 0.333. The van der Waals surface area contributed by atoms with Crippen molar-refractivity contribution in [1.82, 2.24) is 5.32 Å². The van der Waals surface area contributed by atoms with Crippen LogP contribution < -0.4 is 20.5 Å². The van der Waals surface area contributed by atoms with Crippen LogP contribution in [0.4, 0.5) is 0 Å². The van der Waals surface area contributed by atoms with E-state index < -0.39 is 5.91 Å². The smallest absolute Gasteiger partial charge is 0.255 e. The number of carbonyl (C=O) groups is 2. The molecule has 0 saturated heterocycles. The molecule has 6 heteroatoms. The van der Waals surface area contributed by atoms with Crippen LogP contribution in [0.25, 0.3) is 6.08 Å². The Balaban J connectivity index is 1.62. The number of fused-ring (bicyclic) bond motifs is 1. The van der Waals surface area contributed by atoms with Gasteiger partial charge in [0.05, 0.1) is 13.2 Å². The van der Waals surface area contributed by atoms with E-state index in [-0.39, 0.29) is 18.6 Å². The van der Waals surface area contributed by atoms with Gasteiger partial charge >= 0.3 is 0 Å². The van der Waals surface area contributed by atoms with Crippen LogP contribution >= 0.6 is 0 Å². The molecule has 0 saturated carbocycles. The van der Waals surface area contributed by atoms with Gasteiger partial charge in [-0.15, -0.1) is 0 Å². The Morgan fingerprint density at radius 2 is 1.87 bits per heavy atom. The molecule has 3 rings (SSSR count). The van der Waals surface area contributed by atoms with Crippen molar-refractivity contribution >= 4 is 17.9 Å². The minimum absolute atomic E-state index is 0.0755. The quantitative estimate of drug-likeness (QED) is 0.656. The number of primary amides is 1. The van der Waals surface area contributed by atoms with Gasteiger partial charge in [-0.3, -0.25) is 9.59 Å². The molecule has 1 atom stereocenters. The van der Waals surface area contributed by atoms with E-state index in [9.17, 15) is 9.59 Å². The first-order chi connectivity index (χ1) is 14.5. The van der Waals surface area contributed by atoms with Gasteiger partial charge in [-0.05, 0) is 73.1 Å². The number of carbonyl (C=O) groups excluding carboxylic acids is 2. The molecule has 1 unspecified atom stereocenters. The van der Waals surface area contributed by atoms with E-state index >= 15 is 0 Å². The maximum absolute atomic E-state index is 12.4. The number of ether oxygens (including phenoxy) is 2. The summed E-state index contributed by atoms with van der Waals surface area (Å²) in [7, 11) is 1.51. The third-order valence-electron chi connectivity index (χ3n) is 5.22. The van der Waals surface area contributed by atoms with Crippen LogP contribution in [0.3, 0.4) is 0 Å². The maximum atomic E-state index is 12.4. The van der Waals surface area contributed by atoms with E-state index in [0.29, 0.717) is 11.5 Å². The molecule has 0 aromatic heterocycles. The van der Waals surface area contributed by atoms with Gasteiger partial charge in [0.15, 0.2) is 18.1 Å². The summed E-state index contributed by atoms with van der Waals surface area (Å²) in [6, 6.07) is 11.6. The van der Waals surface area contributed by atoms with Gasteiger partial charge in [-0.25, -0.2) is 0 Å². The van der Waals surface area contributed by atoms with Crippen molar-refractivity contribution in [1.29, 1.82) is 0 Å². The summed E-state index contributed by atoms with van der Waals surface area (Å²) >= 11 is 0. The Morgan fingerprint density at radius 3 is 2.60 bits per heavy atom. The van der Waals surface area contributed by atoms with Crippen molar-refractivity contribution in [3.8, 4) is 11.5 Å². The lowest BCUT2D eigenvalue weighted by molar-refractivity contribution is -0.120. The lowest BCUT2D eigenvalue weighted by Crippen LogP contribution is -2.24. The predicted molar refractivity (Wildman–Crippen MR) is 116 cm³/mol. The molecule has 6 nitrogen and oxygen atoms in total. The van der Waals surface area contributed by atoms with Gasteiger partial charge in [0.1, 0.15) is 0 Å². The minimum atomic E-state index is -0.564. The molecule has 30 heavy (non-hydrogen) atoms. The second-order valence-electron chi connectivity index (χ2n) is 7.46. The second-order valence-corrected chi connectivity index (χ2v) is 7.46. The summed E-state index contributed by atoms with van der Waals surface area (Å²) in [5, 5.41) is 3.01. The van der Waals surface area contributed by atoms with Crippen molar-refractivity contribution in [3.05, 3.63) is 64.7 Å². The van der Waals surface area contributed by atoms with Gasteiger partial charge in [-0.1, -0.05) is 24.3 Å². The molecule has 1 aliphatic rings. The van der Waals surface area contributed by atoms with Gasteiger partial charge in [0.2, 0.25) is 5.91 Å². The number of amides is 2. The molecular weight excluding hydrogens is 380 g/mol. The Hall–Kier alpha value is -3.28. The van der Waals surface area contributed by atoms with Crippen molar-refractivity contribution in [2.45, 2.75) is 38.6 Å². The van der Waals surface area contributed by atoms with E-state index in [2.05, 4.69) is 23.5 Å². The largest absolute Gasteiger partial charge is 0.493 e. The van der Waals surface area contributed by atoms with Crippen LogP contribution in [0.2, 0.25) is 0 Å². The summed E-state index contributed by atoms with van der Waals surface area (Å²) < 4.78 is 10.6. The highest BCUT2D eigenvalue weighted by Crippen LogP contribution is 2.28. The molecule has 2 aromatic carbocycles. The monoisotopic (exact) mass is 408 g/mol. The lowest BCUT2D eigenvalue weighted by Gasteiger charge is -2.19. The van der Waals surface area contributed by atoms with Crippen LogP contribution in [0, 0.1) is 0 Å². The average molecular weight is 408 g/mol. The van der Waals surface area contributed by atoms with E-state index in [4.69, 9.17) is 15.2 Å². The Labute approximate surface area is 177 Å². The Kier molecular flexibility index (Phi) is 7.12. The molecule has 2 amide bonds. The van der Waals surface area contributed by atoms with Gasteiger partial charge < -0.3 is 20.5 Å². The molecule has 2 aromatic rings. The molecule has 0 heterocycles. The summed E-state index contributed by atoms with van der Waals surface area (Å²) in [6.45, 7) is 1.76. The molecule has 3 N–H and O–H groups in total. The fourth-order valence-electron chi connectivity index (χ4n) is 3.60. The lowest BCUT2D eigenvalue weighted by atomic mass is 9.89. The summed E-state index contributed by atoms with van der Waals surface area (Å²) in [5.41, 5.74) is 9.83. The standard InChI is InChI=1S/C24H28N2O4/c1-16(19-10-9-18-5-3-4-6-20(18)14-19)26-24(28)12-8-17-7-11-21(22(13-17)29-2)30-15-23(25)27/h7-14,16H,3-6,15H2,1-2H3,(H2,25,27)(H,26,28)/b12-8+. The van der Waals surface area contributed by atoms with Crippen LogP contribution in [0.1, 0.15) is 48.1 Å². The molecule has 0 bridgehead atoms. The number of hydrogen-bond donors (Lipinski definition) is 2. The number of benzene rings is 2. The molecule has 0 fully saturated rings. The second kappa shape index (κ2) is 9.96. The molecular formula is C24H28N2O4. The third kappa shape index (κ3) is 5.63. The molecule has 1 aliphatic carbocycles. The van der Waals surface area contributed by atoms with E-state index in [0.717, 1.165) is 24.0 Å². The van der Waals surface area contributed by atoms with Crippen LogP contribution in [-0.2, 0) is 22.4 Å². The SMILES string of the molecule is COc1cc(/C=C/C(=O)NC(C)c2ccc3c(c2)CCCC3)ccc1OCC(N)=O. The zero-order valence-electron chi connectivity index (χ0n) is 17.4. The van der Waals surface area contributed by atoms with E-state index in [1.54, 1.807) is 24.3 Å². The van der Waals surface area contributed by atoms with E-state index in [1.165, 1.54) is 37.2 Å². The Morgan fingerprint density at radius 1 is 1.10 bits per heavy atom. The van der Waals surface area contributed by atoms with Crippen molar-refractivity contribution in [2.24, 2.45) is 5.73 Å². The van der Waals surface area contributed by atoms with E-state index in [1.807, 2.05) is 6.92 Å². The normalized spacial score (nSPS) is 14.1. The maximum Gasteiger partial charge on any atom is 0.255 e. The fourth-order valence-corrected chi connectivity index (χ4v) is 3.60. The first-order valence-corrected chi connectivity index (χ1v) is 10.2. The molecule has 0 radical (unpaired) electrons. The summed E-state index contributed by atoms with van der Waals surface area (Å²) in [5.74, 6) is 0.138. The molecule has 0 aliphatic heterocycles. The number of nitrogens with one attached hydrogen (secondary N) is 1. The highest BCUT2D eigenvalue weighted by atomic mass is 16.5. The highest BCUT2D eigenvalue weighted by Gasteiger charge is 2.13. The minimum Gasteiger partial charge on any atom is -0.493 e. The number of hydrogen-bond acceptors (Lipinski definition) is 4. The first kappa shape index (κ1) is 21.4. The molecule has 0 spiro atoms. The number of nitrogens with two attached hydrogens (primary N) is 1. The first-order valence-electron chi connectivity index (χ1n) is 10.2. The van der Waals surface area contributed by atoms with Crippen LogP contribution in [0.5, 0.6) is 11.5 Å². The highest BCUT2D eigenvalue weighted by molar-refractivity contribution is 5.92. The topological polar surface area (TPSA) is 90.7 Å². The van der Waals surface area contributed by atoms with Crippen molar-refractivity contribution < 1.29 is 19.1 Å². The average Bonchev–Trinajstić information content (AvgIpc) is 2.76. The number of aryl methyl sites for hydroxylation is 2. The van der Waals surface area contributed by atoms with Gasteiger partial charge in [0.25, 0.3) is 5.91 Å². The summed E-state index contributed by atoms with van der Waals surface area (Å²) in [4.78, 5) is 23.3. The Bertz CT molecular complexity index is 952. The number of methoxy groups -OCH3 is 1. The zero-order chi connectivity index (χ0) is 21.5. The third-order valence-corrected chi connectivity index (χ3v) is 5.22.